The van der Waals surface area contributed by atoms with Gasteiger partial charge in [-0.3, -0.25) is 0 Å². The molecular formula is C15H30OSi. The second-order valence-electron chi connectivity index (χ2n) is 6.51. The largest absolute Gasteiger partial charge is 0.384 e. The first-order valence-corrected chi connectivity index (χ1v) is 9.97. The molecule has 0 aromatic carbocycles. The minimum Gasteiger partial charge on any atom is -0.384 e. The van der Waals surface area contributed by atoms with Crippen LogP contribution in [0.5, 0.6) is 0 Å². The topological polar surface area (TPSA) is 20.2 Å². The van der Waals surface area contributed by atoms with Gasteiger partial charge in [0.15, 0.2) is 0 Å². The monoisotopic (exact) mass is 254 g/mol. The van der Waals surface area contributed by atoms with E-state index < -0.39 is 13.8 Å². The Labute approximate surface area is 109 Å². The summed E-state index contributed by atoms with van der Waals surface area (Å²) in [6.07, 6.45) is 5.94. The molecule has 0 fully saturated rings. The van der Waals surface area contributed by atoms with E-state index in [2.05, 4.69) is 52.6 Å². The van der Waals surface area contributed by atoms with Gasteiger partial charge < -0.3 is 5.11 Å². The second-order valence-corrected chi connectivity index (χ2v) is 12.0. The first-order chi connectivity index (χ1) is 7.73. The van der Waals surface area contributed by atoms with E-state index in [1.165, 1.54) is 25.7 Å². The standard InChI is InChI=1S/C15H30OSi/c1-7-8-9-10-11-12-13-14(16)17(5,6)15(2,3)4/h14,16H,7-11H2,1-6H3. The predicted molar refractivity (Wildman–Crippen MR) is 79.7 cm³/mol. The van der Waals surface area contributed by atoms with Crippen LogP contribution in [0.4, 0.5) is 0 Å². The Kier molecular flexibility index (Phi) is 7.12. The third-order valence-electron chi connectivity index (χ3n) is 4.01. The van der Waals surface area contributed by atoms with Crippen LogP contribution in [-0.4, -0.2) is 18.9 Å². The van der Waals surface area contributed by atoms with Crippen molar-refractivity contribution in [3.8, 4) is 11.8 Å². The summed E-state index contributed by atoms with van der Waals surface area (Å²) in [5.41, 5.74) is -0.395. The Hall–Kier alpha value is -0.263. The summed E-state index contributed by atoms with van der Waals surface area (Å²) in [6.45, 7) is 13.3. The number of hydrogen-bond acceptors (Lipinski definition) is 1. The van der Waals surface area contributed by atoms with E-state index >= 15 is 0 Å². The third kappa shape index (κ3) is 5.74. The van der Waals surface area contributed by atoms with Gasteiger partial charge in [-0.15, -0.1) is 5.92 Å². The summed E-state index contributed by atoms with van der Waals surface area (Å²) in [5, 5.41) is 10.4. The SMILES string of the molecule is CCCCCCC#CC(O)[Si](C)(C)C(C)(C)C. The summed E-state index contributed by atoms with van der Waals surface area (Å²) in [5.74, 6) is 6.23. The van der Waals surface area contributed by atoms with E-state index in [0.717, 1.165) is 6.42 Å². The van der Waals surface area contributed by atoms with Gasteiger partial charge in [0, 0.05) is 6.42 Å². The van der Waals surface area contributed by atoms with Gasteiger partial charge in [-0.05, 0) is 11.5 Å². The van der Waals surface area contributed by atoms with E-state index in [9.17, 15) is 5.11 Å². The zero-order chi connectivity index (χ0) is 13.5. The minimum atomic E-state index is -1.70. The van der Waals surface area contributed by atoms with Gasteiger partial charge in [0.05, 0.1) is 0 Å². The smallest absolute Gasteiger partial charge is 0.103 e. The van der Waals surface area contributed by atoms with Gasteiger partial charge in [-0.1, -0.05) is 66.0 Å². The van der Waals surface area contributed by atoms with E-state index in [0.29, 0.717) is 0 Å². The molecule has 1 unspecified atom stereocenters. The maximum absolute atomic E-state index is 10.2. The van der Waals surface area contributed by atoms with Crippen LogP contribution in [0.1, 0.15) is 59.8 Å². The van der Waals surface area contributed by atoms with Gasteiger partial charge >= 0.3 is 0 Å². The van der Waals surface area contributed by atoms with Crippen molar-refractivity contribution in [3.63, 3.8) is 0 Å². The average molecular weight is 254 g/mol. The highest BCUT2D eigenvalue weighted by atomic mass is 28.3. The van der Waals surface area contributed by atoms with E-state index in [1.807, 2.05) is 0 Å². The van der Waals surface area contributed by atoms with Crippen LogP contribution in [0.25, 0.3) is 0 Å². The van der Waals surface area contributed by atoms with Crippen molar-refractivity contribution in [2.45, 2.75) is 83.7 Å². The number of aliphatic hydroxyl groups is 1. The van der Waals surface area contributed by atoms with E-state index in [4.69, 9.17) is 0 Å². The molecule has 0 saturated heterocycles. The molecule has 0 bridgehead atoms. The number of unbranched alkanes of at least 4 members (excludes halogenated alkanes) is 4. The quantitative estimate of drug-likeness (QED) is 0.439. The molecule has 0 aromatic heterocycles. The van der Waals surface area contributed by atoms with Crippen molar-refractivity contribution in [2.24, 2.45) is 0 Å². The third-order valence-corrected chi connectivity index (χ3v) is 9.39. The highest BCUT2D eigenvalue weighted by Crippen LogP contribution is 2.37. The maximum Gasteiger partial charge on any atom is 0.103 e. The lowest BCUT2D eigenvalue weighted by atomic mass is 10.2. The molecule has 0 radical (unpaired) electrons. The highest BCUT2D eigenvalue weighted by Gasteiger charge is 2.40. The Balaban J connectivity index is 4.17. The lowest BCUT2D eigenvalue weighted by Crippen LogP contribution is -2.48. The molecule has 0 heterocycles. The van der Waals surface area contributed by atoms with Crippen molar-refractivity contribution in [1.29, 1.82) is 0 Å². The fourth-order valence-electron chi connectivity index (χ4n) is 1.40. The molecule has 0 aliphatic rings. The van der Waals surface area contributed by atoms with Gasteiger partial charge in [0.1, 0.15) is 13.8 Å². The number of rotatable bonds is 5. The van der Waals surface area contributed by atoms with Crippen LogP contribution >= 0.6 is 0 Å². The average Bonchev–Trinajstić information content (AvgIpc) is 2.21. The first-order valence-electron chi connectivity index (χ1n) is 6.90. The molecular weight excluding hydrogens is 224 g/mol. The fraction of sp³-hybridized carbons (Fsp3) is 0.867. The summed E-state index contributed by atoms with van der Waals surface area (Å²) < 4.78 is 0. The van der Waals surface area contributed by atoms with Crippen molar-refractivity contribution >= 4 is 8.07 Å². The lowest BCUT2D eigenvalue weighted by Gasteiger charge is -2.38. The Morgan fingerprint density at radius 3 is 2.18 bits per heavy atom. The molecule has 0 aromatic rings. The van der Waals surface area contributed by atoms with Gasteiger partial charge in [-0.25, -0.2) is 0 Å². The van der Waals surface area contributed by atoms with Crippen LogP contribution in [0.15, 0.2) is 0 Å². The summed E-state index contributed by atoms with van der Waals surface area (Å²) in [4.78, 5) is 0. The van der Waals surface area contributed by atoms with Crippen LogP contribution < -0.4 is 0 Å². The summed E-state index contributed by atoms with van der Waals surface area (Å²) in [7, 11) is -1.70. The molecule has 1 atom stereocenters. The lowest BCUT2D eigenvalue weighted by molar-refractivity contribution is 0.292. The Morgan fingerprint density at radius 1 is 1.12 bits per heavy atom. The van der Waals surface area contributed by atoms with Crippen LogP contribution in [0.3, 0.4) is 0 Å². The zero-order valence-electron chi connectivity index (χ0n) is 12.6. The second kappa shape index (κ2) is 7.23. The summed E-state index contributed by atoms with van der Waals surface area (Å²) in [6, 6.07) is 0. The molecule has 1 N–H and O–H groups in total. The molecule has 0 amide bonds. The minimum absolute atomic E-state index is 0.198. The van der Waals surface area contributed by atoms with Crippen molar-refractivity contribution < 1.29 is 5.11 Å². The van der Waals surface area contributed by atoms with Gasteiger partial charge in [0.25, 0.3) is 0 Å². The first kappa shape index (κ1) is 16.7. The maximum atomic E-state index is 10.2. The molecule has 100 valence electrons. The zero-order valence-corrected chi connectivity index (χ0v) is 13.6. The van der Waals surface area contributed by atoms with Crippen LogP contribution in [0, 0.1) is 11.8 Å². The Bertz CT molecular complexity index is 265. The molecule has 0 rings (SSSR count). The van der Waals surface area contributed by atoms with Crippen molar-refractivity contribution in [1.82, 2.24) is 0 Å². The molecule has 1 nitrogen and oxygen atoms in total. The van der Waals surface area contributed by atoms with E-state index in [1.54, 1.807) is 0 Å². The Morgan fingerprint density at radius 2 is 1.71 bits per heavy atom. The molecule has 0 aliphatic carbocycles. The van der Waals surface area contributed by atoms with Crippen LogP contribution in [-0.2, 0) is 0 Å². The number of hydrogen-bond donors (Lipinski definition) is 1. The molecule has 0 aliphatic heterocycles. The number of aliphatic hydroxyl groups excluding tert-OH is 1. The normalized spacial score (nSPS) is 14.1. The fourth-order valence-corrected chi connectivity index (χ4v) is 2.68. The molecule has 2 heteroatoms. The predicted octanol–water partition coefficient (Wildman–Crippen LogP) is 4.37. The van der Waals surface area contributed by atoms with Gasteiger partial charge in [0.2, 0.25) is 0 Å². The van der Waals surface area contributed by atoms with Crippen LogP contribution in [0.2, 0.25) is 18.1 Å². The van der Waals surface area contributed by atoms with Crippen molar-refractivity contribution in [3.05, 3.63) is 0 Å². The molecule has 0 saturated carbocycles. The molecule has 17 heavy (non-hydrogen) atoms. The molecule has 0 spiro atoms. The van der Waals surface area contributed by atoms with Gasteiger partial charge in [-0.2, -0.15) is 0 Å². The van der Waals surface area contributed by atoms with E-state index in [-0.39, 0.29) is 5.04 Å². The summed E-state index contributed by atoms with van der Waals surface area (Å²) >= 11 is 0. The highest BCUT2D eigenvalue weighted by molar-refractivity contribution is 6.81. The van der Waals surface area contributed by atoms with Crippen molar-refractivity contribution in [2.75, 3.05) is 0 Å².